The van der Waals surface area contributed by atoms with Gasteiger partial charge in [0.1, 0.15) is 12.4 Å². The second-order valence-corrected chi connectivity index (χ2v) is 3.48. The van der Waals surface area contributed by atoms with Crippen LogP contribution in [0.5, 0.6) is 5.75 Å². The first-order valence-corrected chi connectivity index (χ1v) is 5.21. The van der Waals surface area contributed by atoms with Crippen LogP contribution in [0.25, 0.3) is 0 Å². The van der Waals surface area contributed by atoms with Crippen molar-refractivity contribution in [3.05, 3.63) is 29.8 Å². The Balaban J connectivity index is 0.00000196. The number of nitrogens with two attached hydrogens (primary N) is 1. The molecule has 0 amide bonds. The first kappa shape index (κ1) is 14.3. The quantitative estimate of drug-likeness (QED) is 0.843. The Hall–Kier alpha value is -0.730. The summed E-state index contributed by atoms with van der Waals surface area (Å²) < 4.78 is 5.58. The van der Waals surface area contributed by atoms with Crippen LogP contribution in [0.15, 0.2) is 24.3 Å². The summed E-state index contributed by atoms with van der Waals surface area (Å²) in [6.07, 6.45) is 1.13. The predicted octanol–water partition coefficient (Wildman–Crippen LogP) is 2.96. The number of para-hydroxylation sites is 1. The minimum Gasteiger partial charge on any atom is -0.492 e. The van der Waals surface area contributed by atoms with Crippen LogP contribution < -0.4 is 10.5 Å². The van der Waals surface area contributed by atoms with E-state index in [9.17, 15) is 0 Å². The third-order valence-corrected chi connectivity index (χ3v) is 2.44. The molecule has 86 valence electrons. The first-order chi connectivity index (χ1) is 6.79. The SMILES string of the molecule is CCC(C)c1ccccc1OCCN.Cl. The summed E-state index contributed by atoms with van der Waals surface area (Å²) >= 11 is 0. The van der Waals surface area contributed by atoms with E-state index in [1.807, 2.05) is 12.1 Å². The van der Waals surface area contributed by atoms with Crippen LogP contribution in [0.4, 0.5) is 0 Å². The van der Waals surface area contributed by atoms with Gasteiger partial charge in [0.05, 0.1) is 0 Å². The van der Waals surface area contributed by atoms with E-state index in [4.69, 9.17) is 10.5 Å². The average molecular weight is 230 g/mol. The number of halogens is 1. The summed E-state index contributed by atoms with van der Waals surface area (Å²) in [6.45, 7) is 5.55. The van der Waals surface area contributed by atoms with Gasteiger partial charge in [0.25, 0.3) is 0 Å². The Morgan fingerprint density at radius 3 is 2.60 bits per heavy atom. The highest BCUT2D eigenvalue weighted by Crippen LogP contribution is 2.28. The fourth-order valence-electron chi connectivity index (χ4n) is 1.41. The second-order valence-electron chi connectivity index (χ2n) is 3.48. The van der Waals surface area contributed by atoms with E-state index in [2.05, 4.69) is 26.0 Å². The lowest BCUT2D eigenvalue weighted by molar-refractivity contribution is 0.323. The van der Waals surface area contributed by atoms with E-state index in [1.165, 1.54) is 5.56 Å². The maximum absolute atomic E-state index is 5.58. The van der Waals surface area contributed by atoms with Crippen molar-refractivity contribution in [3.8, 4) is 5.75 Å². The van der Waals surface area contributed by atoms with Crippen molar-refractivity contribution in [2.45, 2.75) is 26.2 Å². The molecular formula is C12H20ClNO. The maximum atomic E-state index is 5.58. The van der Waals surface area contributed by atoms with Crippen molar-refractivity contribution in [1.82, 2.24) is 0 Å². The van der Waals surface area contributed by atoms with Gasteiger partial charge in [-0.25, -0.2) is 0 Å². The zero-order valence-electron chi connectivity index (χ0n) is 9.40. The van der Waals surface area contributed by atoms with E-state index in [0.29, 0.717) is 19.1 Å². The lowest BCUT2D eigenvalue weighted by Gasteiger charge is -2.14. The molecule has 1 unspecified atom stereocenters. The molecule has 0 heterocycles. The zero-order valence-corrected chi connectivity index (χ0v) is 10.2. The fourth-order valence-corrected chi connectivity index (χ4v) is 1.41. The van der Waals surface area contributed by atoms with Gasteiger partial charge in [0, 0.05) is 6.54 Å². The highest BCUT2D eigenvalue weighted by atomic mass is 35.5. The Morgan fingerprint density at radius 1 is 1.33 bits per heavy atom. The molecule has 0 saturated heterocycles. The number of rotatable bonds is 5. The predicted molar refractivity (Wildman–Crippen MR) is 66.9 cm³/mol. The molecule has 2 N–H and O–H groups in total. The van der Waals surface area contributed by atoms with Crippen molar-refractivity contribution in [1.29, 1.82) is 0 Å². The maximum Gasteiger partial charge on any atom is 0.122 e. The number of hydrogen-bond acceptors (Lipinski definition) is 2. The van der Waals surface area contributed by atoms with Gasteiger partial charge < -0.3 is 10.5 Å². The second kappa shape index (κ2) is 7.55. The molecule has 1 aromatic rings. The summed E-state index contributed by atoms with van der Waals surface area (Å²) in [6, 6.07) is 8.19. The van der Waals surface area contributed by atoms with Crippen LogP contribution in [0.2, 0.25) is 0 Å². The van der Waals surface area contributed by atoms with Gasteiger partial charge in [-0.2, -0.15) is 0 Å². The monoisotopic (exact) mass is 229 g/mol. The van der Waals surface area contributed by atoms with E-state index >= 15 is 0 Å². The average Bonchev–Trinajstić information content (AvgIpc) is 2.25. The van der Waals surface area contributed by atoms with Crippen molar-refractivity contribution < 1.29 is 4.74 Å². The fraction of sp³-hybridized carbons (Fsp3) is 0.500. The Kier molecular flexibility index (Phi) is 7.18. The van der Waals surface area contributed by atoms with E-state index in [1.54, 1.807) is 0 Å². The van der Waals surface area contributed by atoms with Gasteiger partial charge in [0.15, 0.2) is 0 Å². The first-order valence-electron chi connectivity index (χ1n) is 5.21. The van der Waals surface area contributed by atoms with Crippen molar-refractivity contribution in [2.24, 2.45) is 5.73 Å². The molecule has 0 aromatic heterocycles. The summed E-state index contributed by atoms with van der Waals surface area (Å²) in [5.41, 5.74) is 6.69. The van der Waals surface area contributed by atoms with Crippen LogP contribution in [0, 0.1) is 0 Å². The molecule has 15 heavy (non-hydrogen) atoms. The standard InChI is InChI=1S/C12H19NO.ClH/c1-3-10(2)11-6-4-5-7-12(11)14-9-8-13;/h4-7,10H,3,8-9,13H2,1-2H3;1H. The highest BCUT2D eigenvalue weighted by Gasteiger charge is 2.08. The van der Waals surface area contributed by atoms with E-state index in [0.717, 1.165) is 12.2 Å². The summed E-state index contributed by atoms with van der Waals surface area (Å²) in [5, 5.41) is 0. The molecule has 0 aliphatic rings. The zero-order chi connectivity index (χ0) is 10.4. The third kappa shape index (κ3) is 4.10. The number of benzene rings is 1. The smallest absolute Gasteiger partial charge is 0.122 e. The molecule has 0 bridgehead atoms. The minimum atomic E-state index is 0. The Bertz CT molecular complexity index is 278. The molecule has 0 radical (unpaired) electrons. The van der Waals surface area contributed by atoms with Crippen LogP contribution in [-0.2, 0) is 0 Å². The van der Waals surface area contributed by atoms with E-state index in [-0.39, 0.29) is 12.4 Å². The molecule has 0 aliphatic carbocycles. The molecule has 1 rings (SSSR count). The molecule has 1 aromatic carbocycles. The van der Waals surface area contributed by atoms with Gasteiger partial charge in [0.2, 0.25) is 0 Å². The minimum absolute atomic E-state index is 0. The van der Waals surface area contributed by atoms with Crippen molar-refractivity contribution in [3.63, 3.8) is 0 Å². The van der Waals surface area contributed by atoms with Crippen LogP contribution in [0.1, 0.15) is 31.7 Å². The normalized spacial score (nSPS) is 11.7. The largest absolute Gasteiger partial charge is 0.492 e. The summed E-state index contributed by atoms with van der Waals surface area (Å²) in [5.74, 6) is 1.52. The lowest BCUT2D eigenvalue weighted by atomic mass is 9.98. The van der Waals surface area contributed by atoms with Gasteiger partial charge >= 0.3 is 0 Å². The topological polar surface area (TPSA) is 35.2 Å². The molecule has 2 nitrogen and oxygen atoms in total. The Labute approximate surface area is 98.2 Å². The lowest BCUT2D eigenvalue weighted by Crippen LogP contribution is -2.11. The highest BCUT2D eigenvalue weighted by molar-refractivity contribution is 5.85. The molecule has 1 atom stereocenters. The molecule has 3 heteroatoms. The van der Waals surface area contributed by atoms with Crippen LogP contribution in [0.3, 0.4) is 0 Å². The molecule has 0 fully saturated rings. The third-order valence-electron chi connectivity index (χ3n) is 2.44. The molecule has 0 saturated carbocycles. The molecular weight excluding hydrogens is 210 g/mol. The molecule has 0 aliphatic heterocycles. The summed E-state index contributed by atoms with van der Waals surface area (Å²) in [4.78, 5) is 0. The molecule has 0 spiro atoms. The van der Waals surface area contributed by atoms with Crippen LogP contribution >= 0.6 is 12.4 Å². The van der Waals surface area contributed by atoms with Gasteiger partial charge in [-0.05, 0) is 24.0 Å². The summed E-state index contributed by atoms with van der Waals surface area (Å²) in [7, 11) is 0. The Morgan fingerprint density at radius 2 is 2.00 bits per heavy atom. The van der Waals surface area contributed by atoms with Crippen molar-refractivity contribution in [2.75, 3.05) is 13.2 Å². The van der Waals surface area contributed by atoms with Gasteiger partial charge in [-0.15, -0.1) is 12.4 Å². The number of ether oxygens (including phenoxy) is 1. The van der Waals surface area contributed by atoms with Gasteiger partial charge in [-0.3, -0.25) is 0 Å². The van der Waals surface area contributed by atoms with Crippen molar-refractivity contribution >= 4 is 12.4 Å². The van der Waals surface area contributed by atoms with E-state index < -0.39 is 0 Å². The van der Waals surface area contributed by atoms with Crippen LogP contribution in [-0.4, -0.2) is 13.2 Å². The van der Waals surface area contributed by atoms with Gasteiger partial charge in [-0.1, -0.05) is 32.0 Å². The number of hydrogen-bond donors (Lipinski definition) is 1.